The summed E-state index contributed by atoms with van der Waals surface area (Å²) in [5.41, 5.74) is 1.65. The van der Waals surface area contributed by atoms with Gasteiger partial charge in [0, 0.05) is 5.56 Å². The number of furan rings is 1. The highest BCUT2D eigenvalue weighted by Gasteiger charge is 2.20. The molecule has 0 spiro atoms. The monoisotopic (exact) mass is 370 g/mol. The molecule has 3 aromatic heterocycles. The molecule has 0 saturated heterocycles. The highest BCUT2D eigenvalue weighted by Crippen LogP contribution is 2.22. The number of carbonyl (C=O) groups is 1. The minimum atomic E-state index is -0.381. The smallest absolute Gasteiger partial charge is 0.297 e. The molecule has 0 atom stereocenters. The zero-order valence-electron chi connectivity index (χ0n) is 14.6. The number of benzene rings is 2. The Morgan fingerprint density at radius 3 is 2.39 bits per heavy atom. The molecule has 28 heavy (non-hydrogen) atoms. The standard InChI is InChI=1S/C21H14N4O3/c26-17(14-7-2-1-3-8-14)13-24-15-9-4-5-10-16(15)25-19(18-11-6-12-28-18)22-23-20(25)21(24)27/h1-12H,13H2. The van der Waals surface area contributed by atoms with E-state index in [0.29, 0.717) is 22.7 Å². The molecule has 0 aliphatic rings. The molecule has 3 heterocycles. The SMILES string of the molecule is O=C(Cn1c(=O)c2nnc(-c3ccco3)n2c2ccccc21)c1ccccc1. The van der Waals surface area contributed by atoms with E-state index in [1.54, 1.807) is 53.1 Å². The van der Waals surface area contributed by atoms with Gasteiger partial charge in [-0.05, 0) is 24.3 Å². The predicted octanol–water partition coefficient (Wildman–Crippen LogP) is 3.19. The summed E-state index contributed by atoms with van der Waals surface area (Å²) in [5.74, 6) is 0.799. The first-order valence-electron chi connectivity index (χ1n) is 8.73. The Kier molecular flexibility index (Phi) is 3.65. The third-order valence-electron chi connectivity index (χ3n) is 4.65. The van der Waals surface area contributed by atoms with Crippen LogP contribution in [-0.4, -0.2) is 24.9 Å². The average Bonchev–Trinajstić information content (AvgIpc) is 3.41. The van der Waals surface area contributed by atoms with Crippen LogP contribution in [0.1, 0.15) is 10.4 Å². The van der Waals surface area contributed by atoms with E-state index in [2.05, 4.69) is 10.2 Å². The van der Waals surface area contributed by atoms with Gasteiger partial charge in [-0.15, -0.1) is 10.2 Å². The van der Waals surface area contributed by atoms with Crippen LogP contribution in [-0.2, 0) is 6.54 Å². The number of hydrogen-bond donors (Lipinski definition) is 0. The van der Waals surface area contributed by atoms with E-state index in [1.165, 1.54) is 4.57 Å². The minimum absolute atomic E-state index is 0.0806. The topological polar surface area (TPSA) is 82.4 Å². The second kappa shape index (κ2) is 6.31. The molecule has 0 unspecified atom stereocenters. The summed E-state index contributed by atoms with van der Waals surface area (Å²) in [6.07, 6.45) is 1.54. The zero-order chi connectivity index (χ0) is 19.1. The van der Waals surface area contributed by atoms with Crippen molar-refractivity contribution in [2.45, 2.75) is 6.54 Å². The molecule has 0 aliphatic carbocycles. The Bertz CT molecular complexity index is 1370. The fourth-order valence-electron chi connectivity index (χ4n) is 3.34. The molecule has 2 aromatic carbocycles. The number of hydrogen-bond acceptors (Lipinski definition) is 5. The van der Waals surface area contributed by atoms with Crippen molar-refractivity contribution in [1.82, 2.24) is 19.2 Å². The molecule has 136 valence electrons. The van der Waals surface area contributed by atoms with Gasteiger partial charge < -0.3 is 4.42 Å². The normalized spacial score (nSPS) is 11.3. The summed E-state index contributed by atoms with van der Waals surface area (Å²) in [6, 6.07) is 19.8. The van der Waals surface area contributed by atoms with Crippen molar-refractivity contribution < 1.29 is 9.21 Å². The number of carbonyl (C=O) groups excluding carboxylic acids is 1. The maximum absolute atomic E-state index is 13.1. The summed E-state index contributed by atoms with van der Waals surface area (Å²) in [5, 5.41) is 8.22. The zero-order valence-corrected chi connectivity index (χ0v) is 14.6. The molecule has 0 saturated carbocycles. The van der Waals surface area contributed by atoms with E-state index in [-0.39, 0.29) is 23.5 Å². The summed E-state index contributed by atoms with van der Waals surface area (Å²) < 4.78 is 8.55. The van der Waals surface area contributed by atoms with Gasteiger partial charge in [-0.2, -0.15) is 0 Å². The Labute approximate surface area is 158 Å². The van der Waals surface area contributed by atoms with Gasteiger partial charge in [0.15, 0.2) is 11.5 Å². The molecule has 0 amide bonds. The fourth-order valence-corrected chi connectivity index (χ4v) is 3.34. The number of nitrogens with zero attached hydrogens (tertiary/aromatic N) is 4. The number of para-hydroxylation sites is 2. The molecule has 0 radical (unpaired) electrons. The van der Waals surface area contributed by atoms with Gasteiger partial charge in [0.05, 0.1) is 23.8 Å². The molecule has 7 heteroatoms. The largest absolute Gasteiger partial charge is 0.461 e. The lowest BCUT2D eigenvalue weighted by atomic mass is 10.1. The molecular weight excluding hydrogens is 356 g/mol. The van der Waals surface area contributed by atoms with Crippen molar-refractivity contribution in [2.24, 2.45) is 0 Å². The molecule has 0 aliphatic heterocycles. The van der Waals surface area contributed by atoms with Crippen molar-refractivity contribution in [3.8, 4) is 11.6 Å². The van der Waals surface area contributed by atoms with Gasteiger partial charge >= 0.3 is 0 Å². The van der Waals surface area contributed by atoms with E-state index >= 15 is 0 Å². The summed E-state index contributed by atoms with van der Waals surface area (Å²) in [7, 11) is 0. The summed E-state index contributed by atoms with van der Waals surface area (Å²) in [6.45, 7) is -0.0806. The van der Waals surface area contributed by atoms with E-state index in [0.717, 1.165) is 5.52 Å². The van der Waals surface area contributed by atoms with Crippen LogP contribution in [0.4, 0.5) is 0 Å². The minimum Gasteiger partial charge on any atom is -0.461 e. The molecule has 7 nitrogen and oxygen atoms in total. The van der Waals surface area contributed by atoms with Crippen LogP contribution in [0.5, 0.6) is 0 Å². The highest BCUT2D eigenvalue weighted by atomic mass is 16.3. The Morgan fingerprint density at radius 2 is 1.64 bits per heavy atom. The molecule has 5 rings (SSSR count). The first-order chi connectivity index (χ1) is 13.7. The van der Waals surface area contributed by atoms with Crippen LogP contribution in [0, 0.1) is 0 Å². The third-order valence-corrected chi connectivity index (χ3v) is 4.65. The van der Waals surface area contributed by atoms with Gasteiger partial charge in [0.2, 0.25) is 11.5 Å². The maximum atomic E-state index is 13.1. The number of Topliss-reactive ketones (excluding diaryl/α,β-unsaturated/α-hetero) is 1. The highest BCUT2D eigenvalue weighted by molar-refractivity contribution is 5.96. The Hall–Kier alpha value is -4.00. The van der Waals surface area contributed by atoms with E-state index in [4.69, 9.17) is 4.42 Å². The van der Waals surface area contributed by atoms with Gasteiger partial charge in [0.25, 0.3) is 5.56 Å². The summed E-state index contributed by atoms with van der Waals surface area (Å²) in [4.78, 5) is 25.9. The lowest BCUT2D eigenvalue weighted by Gasteiger charge is -2.11. The number of ketones is 1. The van der Waals surface area contributed by atoms with Crippen molar-refractivity contribution >= 4 is 22.5 Å². The van der Waals surface area contributed by atoms with E-state index < -0.39 is 0 Å². The molecule has 0 bridgehead atoms. The fraction of sp³-hybridized carbons (Fsp3) is 0.0476. The van der Waals surface area contributed by atoms with E-state index in [9.17, 15) is 9.59 Å². The van der Waals surface area contributed by atoms with Crippen molar-refractivity contribution in [2.75, 3.05) is 0 Å². The van der Waals surface area contributed by atoms with Gasteiger partial charge in [-0.25, -0.2) is 0 Å². The van der Waals surface area contributed by atoms with Crippen LogP contribution < -0.4 is 5.56 Å². The van der Waals surface area contributed by atoms with Crippen molar-refractivity contribution in [1.29, 1.82) is 0 Å². The van der Waals surface area contributed by atoms with Crippen LogP contribution in [0.25, 0.3) is 28.3 Å². The first-order valence-corrected chi connectivity index (χ1v) is 8.73. The van der Waals surface area contributed by atoms with Crippen LogP contribution >= 0.6 is 0 Å². The van der Waals surface area contributed by atoms with Gasteiger partial charge in [-0.1, -0.05) is 42.5 Å². The van der Waals surface area contributed by atoms with Crippen LogP contribution in [0.15, 0.2) is 82.2 Å². The van der Waals surface area contributed by atoms with Crippen molar-refractivity contribution in [3.05, 3.63) is 88.9 Å². The van der Waals surface area contributed by atoms with Gasteiger partial charge in [0.1, 0.15) is 0 Å². The van der Waals surface area contributed by atoms with E-state index in [1.807, 2.05) is 24.3 Å². The molecular formula is C21H14N4O3. The Balaban J connectivity index is 1.76. The van der Waals surface area contributed by atoms with Crippen LogP contribution in [0.3, 0.4) is 0 Å². The molecule has 5 aromatic rings. The average molecular weight is 370 g/mol. The predicted molar refractivity (Wildman–Crippen MR) is 103 cm³/mol. The second-order valence-electron chi connectivity index (χ2n) is 6.33. The van der Waals surface area contributed by atoms with Crippen molar-refractivity contribution in [3.63, 3.8) is 0 Å². The first kappa shape index (κ1) is 16.2. The lowest BCUT2D eigenvalue weighted by Crippen LogP contribution is -2.27. The molecule has 0 N–H and O–H groups in total. The van der Waals surface area contributed by atoms with Crippen LogP contribution in [0.2, 0.25) is 0 Å². The summed E-state index contributed by atoms with van der Waals surface area (Å²) >= 11 is 0. The number of rotatable bonds is 4. The number of aromatic nitrogens is 4. The lowest BCUT2D eigenvalue weighted by molar-refractivity contribution is 0.0972. The molecule has 0 fully saturated rings. The van der Waals surface area contributed by atoms with Gasteiger partial charge in [-0.3, -0.25) is 18.6 Å². The Morgan fingerprint density at radius 1 is 0.893 bits per heavy atom. The second-order valence-corrected chi connectivity index (χ2v) is 6.33. The number of fused-ring (bicyclic) bond motifs is 3. The third kappa shape index (κ3) is 2.44. The quantitative estimate of drug-likeness (QED) is 0.454. The maximum Gasteiger partial charge on any atom is 0.297 e.